The summed E-state index contributed by atoms with van der Waals surface area (Å²) in [5.41, 5.74) is 2.64. The fraction of sp³-hybridized carbons (Fsp3) is 0.571. The van der Waals surface area contributed by atoms with Crippen LogP contribution in [-0.4, -0.2) is 18.8 Å². The number of para-hydroxylation sites is 1. The molecular weight excluding hydrogens is 198 g/mol. The summed E-state index contributed by atoms with van der Waals surface area (Å²) in [7, 11) is 0. The van der Waals surface area contributed by atoms with Gasteiger partial charge in [-0.1, -0.05) is 25.1 Å². The van der Waals surface area contributed by atoms with Crippen LogP contribution < -0.4 is 5.32 Å². The first kappa shape index (κ1) is 11.5. The normalized spacial score (nSPS) is 24.6. The van der Waals surface area contributed by atoms with Gasteiger partial charge in [-0.2, -0.15) is 0 Å². The Hall–Kier alpha value is -1.02. The zero-order valence-electron chi connectivity index (χ0n) is 10.2. The third-order valence-electron chi connectivity index (χ3n) is 3.24. The van der Waals surface area contributed by atoms with Crippen molar-refractivity contribution in [3.8, 4) is 0 Å². The Kier molecular flexibility index (Phi) is 3.83. The highest BCUT2D eigenvalue weighted by atomic mass is 16.5. The average molecular weight is 219 g/mol. The SMILES string of the molecule is CCc1ccccc1NCC1CCC(C)O1. The lowest BCUT2D eigenvalue weighted by atomic mass is 10.1. The third-order valence-corrected chi connectivity index (χ3v) is 3.24. The second-order valence-corrected chi connectivity index (χ2v) is 4.54. The Morgan fingerprint density at radius 1 is 1.31 bits per heavy atom. The second kappa shape index (κ2) is 5.35. The Bertz CT molecular complexity index is 337. The van der Waals surface area contributed by atoms with E-state index in [0.717, 1.165) is 13.0 Å². The summed E-state index contributed by atoms with van der Waals surface area (Å²) in [5, 5.41) is 3.50. The Labute approximate surface area is 98.0 Å². The summed E-state index contributed by atoms with van der Waals surface area (Å²) in [4.78, 5) is 0. The molecule has 2 heteroatoms. The van der Waals surface area contributed by atoms with Gasteiger partial charge in [0.15, 0.2) is 0 Å². The minimum atomic E-state index is 0.389. The van der Waals surface area contributed by atoms with E-state index in [9.17, 15) is 0 Å². The molecule has 88 valence electrons. The van der Waals surface area contributed by atoms with E-state index in [-0.39, 0.29) is 0 Å². The smallest absolute Gasteiger partial charge is 0.0751 e. The molecule has 2 nitrogen and oxygen atoms in total. The standard InChI is InChI=1S/C14H21NO/c1-3-12-6-4-5-7-14(12)15-10-13-9-8-11(2)16-13/h4-7,11,13,15H,3,8-10H2,1-2H3. The van der Waals surface area contributed by atoms with E-state index in [4.69, 9.17) is 4.74 Å². The number of rotatable bonds is 4. The van der Waals surface area contributed by atoms with Crippen LogP contribution in [0.3, 0.4) is 0 Å². The van der Waals surface area contributed by atoms with Crippen molar-refractivity contribution in [2.75, 3.05) is 11.9 Å². The molecule has 0 radical (unpaired) electrons. The topological polar surface area (TPSA) is 21.3 Å². The number of anilines is 1. The van der Waals surface area contributed by atoms with Crippen LogP contribution >= 0.6 is 0 Å². The molecule has 0 aliphatic carbocycles. The zero-order valence-corrected chi connectivity index (χ0v) is 10.2. The van der Waals surface area contributed by atoms with Gasteiger partial charge < -0.3 is 10.1 Å². The highest BCUT2D eigenvalue weighted by Gasteiger charge is 2.21. The van der Waals surface area contributed by atoms with Gasteiger partial charge >= 0.3 is 0 Å². The molecule has 0 amide bonds. The van der Waals surface area contributed by atoms with Gasteiger partial charge in [-0.05, 0) is 37.8 Å². The number of hydrogen-bond acceptors (Lipinski definition) is 2. The molecule has 0 saturated carbocycles. The largest absolute Gasteiger partial charge is 0.382 e. The molecule has 1 aliphatic rings. The van der Waals surface area contributed by atoms with E-state index in [1.54, 1.807) is 0 Å². The molecule has 1 heterocycles. The van der Waals surface area contributed by atoms with Crippen LogP contribution in [0, 0.1) is 0 Å². The number of nitrogens with one attached hydrogen (secondary N) is 1. The fourth-order valence-electron chi connectivity index (χ4n) is 2.26. The third kappa shape index (κ3) is 2.76. The maximum absolute atomic E-state index is 5.79. The van der Waals surface area contributed by atoms with Gasteiger partial charge in [0.1, 0.15) is 0 Å². The first-order valence-electron chi connectivity index (χ1n) is 6.27. The molecule has 1 fully saturated rings. The summed E-state index contributed by atoms with van der Waals surface area (Å²) >= 11 is 0. The van der Waals surface area contributed by atoms with Gasteiger partial charge in [0.25, 0.3) is 0 Å². The summed E-state index contributed by atoms with van der Waals surface area (Å²) in [6, 6.07) is 8.51. The van der Waals surface area contributed by atoms with E-state index >= 15 is 0 Å². The lowest BCUT2D eigenvalue weighted by molar-refractivity contribution is 0.0637. The molecule has 2 atom stereocenters. The molecule has 1 N–H and O–H groups in total. The molecule has 16 heavy (non-hydrogen) atoms. The number of aryl methyl sites for hydroxylation is 1. The molecule has 1 aromatic carbocycles. The van der Waals surface area contributed by atoms with Crippen LogP contribution in [0.15, 0.2) is 24.3 Å². The highest BCUT2D eigenvalue weighted by Crippen LogP contribution is 2.21. The van der Waals surface area contributed by atoms with Crippen LogP contribution in [0.5, 0.6) is 0 Å². The van der Waals surface area contributed by atoms with Gasteiger partial charge in [0.05, 0.1) is 12.2 Å². The van der Waals surface area contributed by atoms with Gasteiger partial charge in [-0.15, -0.1) is 0 Å². The van der Waals surface area contributed by atoms with Crippen LogP contribution in [0.1, 0.15) is 32.3 Å². The minimum Gasteiger partial charge on any atom is -0.382 e. The van der Waals surface area contributed by atoms with Crippen molar-refractivity contribution < 1.29 is 4.74 Å². The molecule has 2 unspecified atom stereocenters. The number of ether oxygens (including phenoxy) is 1. The predicted molar refractivity (Wildman–Crippen MR) is 67.9 cm³/mol. The maximum Gasteiger partial charge on any atom is 0.0751 e. The van der Waals surface area contributed by atoms with Crippen molar-refractivity contribution in [1.29, 1.82) is 0 Å². The summed E-state index contributed by atoms with van der Waals surface area (Å²) < 4.78 is 5.79. The van der Waals surface area contributed by atoms with Crippen molar-refractivity contribution >= 4 is 5.69 Å². The average Bonchev–Trinajstić information content (AvgIpc) is 2.73. The van der Waals surface area contributed by atoms with E-state index in [0.29, 0.717) is 12.2 Å². The molecule has 1 saturated heterocycles. The summed E-state index contributed by atoms with van der Waals surface area (Å²) in [6.07, 6.45) is 4.28. The van der Waals surface area contributed by atoms with Crippen molar-refractivity contribution in [2.45, 2.75) is 45.3 Å². The number of benzene rings is 1. The summed E-state index contributed by atoms with van der Waals surface area (Å²) in [5.74, 6) is 0. The lowest BCUT2D eigenvalue weighted by Gasteiger charge is -2.15. The van der Waals surface area contributed by atoms with Crippen molar-refractivity contribution in [1.82, 2.24) is 0 Å². The van der Waals surface area contributed by atoms with Gasteiger partial charge in [-0.3, -0.25) is 0 Å². The Morgan fingerprint density at radius 2 is 2.12 bits per heavy atom. The van der Waals surface area contributed by atoms with E-state index < -0.39 is 0 Å². The van der Waals surface area contributed by atoms with Crippen LogP contribution in [0.4, 0.5) is 5.69 Å². The molecule has 0 spiro atoms. The molecule has 1 aliphatic heterocycles. The zero-order chi connectivity index (χ0) is 11.4. The van der Waals surface area contributed by atoms with Gasteiger partial charge in [0.2, 0.25) is 0 Å². The molecule has 0 aromatic heterocycles. The molecule has 0 bridgehead atoms. The predicted octanol–water partition coefficient (Wildman–Crippen LogP) is 3.23. The quantitative estimate of drug-likeness (QED) is 0.839. The highest BCUT2D eigenvalue weighted by molar-refractivity contribution is 5.51. The Morgan fingerprint density at radius 3 is 2.81 bits per heavy atom. The first-order chi connectivity index (χ1) is 7.79. The van der Waals surface area contributed by atoms with Gasteiger partial charge in [0, 0.05) is 12.2 Å². The van der Waals surface area contributed by atoms with Crippen LogP contribution in [0.25, 0.3) is 0 Å². The van der Waals surface area contributed by atoms with E-state index in [1.165, 1.54) is 24.1 Å². The van der Waals surface area contributed by atoms with E-state index in [2.05, 4.69) is 43.4 Å². The molecular formula is C14H21NO. The minimum absolute atomic E-state index is 0.389. The Balaban J connectivity index is 1.89. The summed E-state index contributed by atoms with van der Waals surface area (Å²) in [6.45, 7) is 5.27. The lowest BCUT2D eigenvalue weighted by Crippen LogP contribution is -2.20. The van der Waals surface area contributed by atoms with Crippen LogP contribution in [-0.2, 0) is 11.2 Å². The van der Waals surface area contributed by atoms with Gasteiger partial charge in [-0.25, -0.2) is 0 Å². The maximum atomic E-state index is 5.79. The molecule has 2 rings (SSSR count). The van der Waals surface area contributed by atoms with Crippen molar-refractivity contribution in [3.05, 3.63) is 29.8 Å². The second-order valence-electron chi connectivity index (χ2n) is 4.54. The van der Waals surface area contributed by atoms with Crippen LogP contribution in [0.2, 0.25) is 0 Å². The fourth-order valence-corrected chi connectivity index (χ4v) is 2.26. The van der Waals surface area contributed by atoms with Crippen molar-refractivity contribution in [2.24, 2.45) is 0 Å². The first-order valence-corrected chi connectivity index (χ1v) is 6.27. The molecule has 1 aromatic rings. The van der Waals surface area contributed by atoms with E-state index in [1.807, 2.05) is 0 Å². The van der Waals surface area contributed by atoms with Crippen molar-refractivity contribution in [3.63, 3.8) is 0 Å². The number of hydrogen-bond donors (Lipinski definition) is 1. The monoisotopic (exact) mass is 219 g/mol.